The Kier molecular flexibility index (Phi) is 6.03. The molecule has 0 unspecified atom stereocenters. The van der Waals surface area contributed by atoms with Gasteiger partial charge in [-0.2, -0.15) is 0 Å². The number of thiophene rings is 1. The van der Waals surface area contributed by atoms with E-state index in [9.17, 15) is 0 Å². The van der Waals surface area contributed by atoms with Crippen molar-refractivity contribution in [1.82, 2.24) is 24.8 Å². The number of nitrogens with one attached hydrogen (secondary N) is 1. The minimum absolute atomic E-state index is 0.223. The van der Waals surface area contributed by atoms with Gasteiger partial charge in [-0.3, -0.25) is 0 Å². The SMILES string of the molecule is CC(C)(C)CNCCn1c(Sc2cc3c(cc2-c2cccs2)CCO3)nc2c(N)ncnc21. The van der Waals surface area contributed by atoms with E-state index in [0.717, 1.165) is 54.1 Å². The summed E-state index contributed by atoms with van der Waals surface area (Å²) in [6.07, 6.45) is 2.45. The van der Waals surface area contributed by atoms with Crippen LogP contribution in [0.1, 0.15) is 26.3 Å². The molecule has 9 heteroatoms. The van der Waals surface area contributed by atoms with Gasteiger partial charge in [0, 0.05) is 41.4 Å². The van der Waals surface area contributed by atoms with Gasteiger partial charge in [0.2, 0.25) is 0 Å². The van der Waals surface area contributed by atoms with Gasteiger partial charge in [-0.1, -0.05) is 38.6 Å². The number of nitrogen functional groups attached to an aromatic ring is 1. The summed E-state index contributed by atoms with van der Waals surface area (Å²) in [5.74, 6) is 1.37. The third-order valence-corrected chi connectivity index (χ3v) is 7.43. The number of fused-ring (bicyclic) bond motifs is 2. The van der Waals surface area contributed by atoms with Gasteiger partial charge in [0.15, 0.2) is 22.1 Å². The molecular weight excluding hydrogens is 452 g/mol. The Labute approximate surface area is 201 Å². The standard InChI is InChI=1S/C24H28N6OS2/c1-24(2,3)13-26-7-8-30-22-20(21(25)27-14-28-22)29-23(30)33-19-12-17-15(6-9-31-17)11-16(19)18-5-4-10-32-18/h4-5,10-12,14,26H,6-9,13H2,1-3H3,(H2,25,27,28). The van der Waals surface area contributed by atoms with E-state index in [4.69, 9.17) is 15.5 Å². The summed E-state index contributed by atoms with van der Waals surface area (Å²) in [5, 5.41) is 6.51. The molecule has 0 aliphatic carbocycles. The maximum absolute atomic E-state index is 6.15. The van der Waals surface area contributed by atoms with Crippen LogP contribution in [0.3, 0.4) is 0 Å². The molecule has 0 saturated carbocycles. The fourth-order valence-electron chi connectivity index (χ4n) is 3.88. The summed E-state index contributed by atoms with van der Waals surface area (Å²) in [6.45, 7) is 9.89. The number of imidazole rings is 1. The second-order valence-corrected chi connectivity index (χ2v) is 11.3. The van der Waals surface area contributed by atoms with Crippen LogP contribution in [0.4, 0.5) is 5.82 Å². The zero-order valence-corrected chi connectivity index (χ0v) is 20.7. The molecule has 0 fully saturated rings. The number of nitrogens with two attached hydrogens (primary N) is 1. The van der Waals surface area contributed by atoms with Crippen LogP contribution >= 0.6 is 23.1 Å². The van der Waals surface area contributed by atoms with E-state index in [2.05, 4.69) is 70.3 Å². The van der Waals surface area contributed by atoms with Crippen LogP contribution in [0.2, 0.25) is 0 Å². The van der Waals surface area contributed by atoms with Gasteiger partial charge in [-0.25, -0.2) is 15.0 Å². The number of anilines is 1. The van der Waals surface area contributed by atoms with Crippen LogP contribution in [0.5, 0.6) is 5.75 Å². The third-order valence-electron chi connectivity index (χ3n) is 5.47. The fourth-order valence-corrected chi connectivity index (χ4v) is 5.77. The van der Waals surface area contributed by atoms with Crippen molar-refractivity contribution in [3.05, 3.63) is 41.5 Å². The first kappa shape index (κ1) is 22.2. The maximum atomic E-state index is 6.15. The maximum Gasteiger partial charge on any atom is 0.175 e. The van der Waals surface area contributed by atoms with E-state index in [1.807, 2.05) is 0 Å². The molecule has 0 amide bonds. The second kappa shape index (κ2) is 8.96. The van der Waals surface area contributed by atoms with Crippen molar-refractivity contribution >= 4 is 40.1 Å². The van der Waals surface area contributed by atoms with Crippen molar-refractivity contribution in [1.29, 1.82) is 0 Å². The van der Waals surface area contributed by atoms with Crippen LogP contribution in [0, 0.1) is 5.41 Å². The average Bonchev–Trinajstić information content (AvgIpc) is 3.51. The molecule has 4 aromatic rings. The number of benzene rings is 1. The van der Waals surface area contributed by atoms with Gasteiger partial charge in [0.05, 0.1) is 6.61 Å². The van der Waals surface area contributed by atoms with E-state index < -0.39 is 0 Å². The smallest absolute Gasteiger partial charge is 0.175 e. The van der Waals surface area contributed by atoms with Crippen LogP contribution < -0.4 is 15.8 Å². The molecule has 33 heavy (non-hydrogen) atoms. The van der Waals surface area contributed by atoms with Crippen molar-refractivity contribution in [3.8, 4) is 16.2 Å². The van der Waals surface area contributed by atoms with E-state index in [1.54, 1.807) is 23.1 Å². The molecular formula is C24H28N6OS2. The Morgan fingerprint density at radius 3 is 2.94 bits per heavy atom. The number of hydrogen-bond acceptors (Lipinski definition) is 8. The minimum atomic E-state index is 0.223. The number of ether oxygens (including phenoxy) is 1. The number of aromatic nitrogens is 4. The molecule has 3 N–H and O–H groups in total. The van der Waals surface area contributed by atoms with E-state index >= 15 is 0 Å². The topological polar surface area (TPSA) is 90.9 Å². The van der Waals surface area contributed by atoms with E-state index in [1.165, 1.54) is 22.3 Å². The minimum Gasteiger partial charge on any atom is -0.493 e. The van der Waals surface area contributed by atoms with Crippen molar-refractivity contribution in [2.24, 2.45) is 5.41 Å². The van der Waals surface area contributed by atoms with Crippen molar-refractivity contribution in [3.63, 3.8) is 0 Å². The summed E-state index contributed by atoms with van der Waals surface area (Å²) in [4.78, 5) is 15.9. The lowest BCUT2D eigenvalue weighted by Crippen LogP contribution is -2.29. The highest BCUT2D eigenvalue weighted by Gasteiger charge is 2.22. The zero-order chi connectivity index (χ0) is 23.0. The molecule has 0 bridgehead atoms. The molecule has 7 nitrogen and oxygen atoms in total. The second-order valence-electron chi connectivity index (χ2n) is 9.35. The summed E-state index contributed by atoms with van der Waals surface area (Å²) >= 11 is 3.37. The van der Waals surface area contributed by atoms with Gasteiger partial charge in [0.25, 0.3) is 0 Å². The molecule has 4 heterocycles. The van der Waals surface area contributed by atoms with E-state index in [0.29, 0.717) is 11.3 Å². The third kappa shape index (κ3) is 4.71. The first-order valence-electron chi connectivity index (χ1n) is 11.1. The first-order valence-corrected chi connectivity index (χ1v) is 12.8. The predicted molar refractivity (Wildman–Crippen MR) is 135 cm³/mol. The number of rotatable bonds is 7. The summed E-state index contributed by atoms with van der Waals surface area (Å²) in [7, 11) is 0. The Hall–Kier alpha value is -2.62. The first-order chi connectivity index (χ1) is 15.9. The van der Waals surface area contributed by atoms with Crippen LogP contribution in [0.25, 0.3) is 21.6 Å². The normalized spacial score (nSPS) is 13.4. The molecule has 1 aliphatic heterocycles. The molecule has 5 rings (SSSR count). The van der Waals surface area contributed by atoms with Crippen LogP contribution in [-0.4, -0.2) is 39.2 Å². The van der Waals surface area contributed by atoms with Crippen molar-refractivity contribution in [2.45, 2.75) is 43.8 Å². The molecule has 0 atom stereocenters. The predicted octanol–water partition coefficient (Wildman–Crippen LogP) is 4.86. The summed E-state index contributed by atoms with van der Waals surface area (Å²) in [5.41, 5.74) is 10.3. The van der Waals surface area contributed by atoms with Crippen LogP contribution in [0.15, 0.2) is 46.0 Å². The Morgan fingerprint density at radius 1 is 1.27 bits per heavy atom. The quantitative estimate of drug-likeness (QED) is 0.365. The molecule has 3 aromatic heterocycles. The number of nitrogens with zero attached hydrogens (tertiary/aromatic N) is 4. The Bertz CT molecular complexity index is 1280. The van der Waals surface area contributed by atoms with Gasteiger partial charge < -0.3 is 20.4 Å². The van der Waals surface area contributed by atoms with Gasteiger partial charge in [-0.15, -0.1) is 11.3 Å². The Morgan fingerprint density at radius 2 is 2.15 bits per heavy atom. The lowest BCUT2D eigenvalue weighted by Gasteiger charge is -2.19. The zero-order valence-electron chi connectivity index (χ0n) is 19.1. The van der Waals surface area contributed by atoms with E-state index in [-0.39, 0.29) is 5.41 Å². The lowest BCUT2D eigenvalue weighted by molar-refractivity contribution is 0.356. The molecule has 1 aliphatic rings. The molecule has 0 saturated heterocycles. The summed E-state index contributed by atoms with van der Waals surface area (Å²) < 4.78 is 8.02. The highest BCUT2D eigenvalue weighted by atomic mass is 32.2. The van der Waals surface area contributed by atoms with Crippen molar-refractivity contribution in [2.75, 3.05) is 25.4 Å². The highest BCUT2D eigenvalue weighted by Crippen LogP contribution is 2.43. The lowest BCUT2D eigenvalue weighted by atomic mass is 9.97. The fraction of sp³-hybridized carbons (Fsp3) is 0.375. The molecule has 0 spiro atoms. The van der Waals surface area contributed by atoms with Gasteiger partial charge in [0.1, 0.15) is 12.1 Å². The Balaban J connectivity index is 1.52. The average molecular weight is 481 g/mol. The van der Waals surface area contributed by atoms with Gasteiger partial charge >= 0.3 is 0 Å². The monoisotopic (exact) mass is 480 g/mol. The van der Waals surface area contributed by atoms with Crippen LogP contribution in [-0.2, 0) is 13.0 Å². The molecule has 172 valence electrons. The molecule has 1 aromatic carbocycles. The van der Waals surface area contributed by atoms with Crippen molar-refractivity contribution < 1.29 is 4.74 Å². The molecule has 0 radical (unpaired) electrons. The summed E-state index contributed by atoms with van der Waals surface area (Å²) in [6, 6.07) is 8.67. The number of hydrogen-bond donors (Lipinski definition) is 2. The largest absolute Gasteiger partial charge is 0.493 e. The van der Waals surface area contributed by atoms with Gasteiger partial charge in [-0.05, 0) is 34.6 Å². The highest BCUT2D eigenvalue weighted by molar-refractivity contribution is 7.99.